The summed E-state index contributed by atoms with van der Waals surface area (Å²) in [6.45, 7) is 3.04. The lowest BCUT2D eigenvalue weighted by molar-refractivity contribution is -0.119. The molecule has 150 valence electrons. The number of nitrogens with zero attached hydrogens (tertiary/aromatic N) is 2. The summed E-state index contributed by atoms with van der Waals surface area (Å²) in [7, 11) is 0. The van der Waals surface area contributed by atoms with Crippen molar-refractivity contribution in [2.75, 3.05) is 19.8 Å². The molecule has 8 heteroatoms. The minimum Gasteiger partial charge on any atom is -0.475 e. The molecule has 1 amide bonds. The van der Waals surface area contributed by atoms with Crippen molar-refractivity contribution in [2.24, 2.45) is 5.92 Å². The number of aromatic nitrogens is 2. The van der Waals surface area contributed by atoms with E-state index in [4.69, 9.17) is 14.2 Å². The van der Waals surface area contributed by atoms with Crippen molar-refractivity contribution in [1.29, 1.82) is 0 Å². The third-order valence-electron chi connectivity index (χ3n) is 4.42. The maximum atomic E-state index is 14.5. The quantitative estimate of drug-likeness (QED) is 0.629. The molecule has 1 heterocycles. The second kappa shape index (κ2) is 9.98. The van der Waals surface area contributed by atoms with E-state index in [1.807, 2.05) is 30.3 Å². The van der Waals surface area contributed by atoms with E-state index < -0.39 is 5.82 Å². The topological polar surface area (TPSA) is 82.6 Å². The molecule has 0 saturated heterocycles. The number of nitrogens with one attached hydrogen (secondary N) is 1. The summed E-state index contributed by atoms with van der Waals surface area (Å²) >= 11 is 0. The van der Waals surface area contributed by atoms with Crippen molar-refractivity contribution >= 4 is 5.91 Å². The maximum Gasteiger partial charge on any atom is 0.258 e. The molecule has 2 aromatic rings. The first-order valence-electron chi connectivity index (χ1n) is 9.28. The number of benzene rings is 1. The summed E-state index contributed by atoms with van der Waals surface area (Å²) in [6.07, 6.45) is 3.06. The number of amides is 1. The van der Waals surface area contributed by atoms with Gasteiger partial charge < -0.3 is 19.5 Å². The monoisotopic (exact) mass is 389 g/mol. The van der Waals surface area contributed by atoms with Crippen LogP contribution in [-0.4, -0.2) is 41.7 Å². The first-order chi connectivity index (χ1) is 13.6. The van der Waals surface area contributed by atoms with E-state index in [0.29, 0.717) is 19.8 Å². The average Bonchev–Trinajstić information content (AvgIpc) is 2.66. The van der Waals surface area contributed by atoms with Crippen molar-refractivity contribution < 1.29 is 23.4 Å². The first-order valence-corrected chi connectivity index (χ1v) is 9.28. The Kier molecular flexibility index (Phi) is 7.13. The highest BCUT2D eigenvalue weighted by atomic mass is 19.1. The molecule has 7 nitrogen and oxygen atoms in total. The van der Waals surface area contributed by atoms with Crippen molar-refractivity contribution in [3.8, 4) is 11.8 Å². The SMILES string of the molecule is CC(=O)NCCOC1CC(COc2ncnc(OCc3ccccc3)c2F)C1. The standard InChI is InChI=1S/C20H24FN3O4/c1-14(25)22-7-8-26-17-9-16(10-17)12-28-20-18(21)19(23-13-24-20)27-11-15-5-3-2-4-6-15/h2-6,13,16-17H,7-12H2,1H3,(H,22,25). The molecule has 1 aromatic heterocycles. The zero-order valence-electron chi connectivity index (χ0n) is 15.8. The lowest BCUT2D eigenvalue weighted by Crippen LogP contribution is -2.37. The van der Waals surface area contributed by atoms with Gasteiger partial charge in [-0.2, -0.15) is 14.4 Å². The van der Waals surface area contributed by atoms with E-state index in [0.717, 1.165) is 18.4 Å². The Hall–Kier alpha value is -2.74. The van der Waals surface area contributed by atoms with Crippen LogP contribution in [0.5, 0.6) is 11.8 Å². The van der Waals surface area contributed by atoms with Crippen LogP contribution in [0.15, 0.2) is 36.7 Å². The summed E-state index contributed by atoms with van der Waals surface area (Å²) in [6, 6.07) is 9.46. The van der Waals surface area contributed by atoms with Gasteiger partial charge in [-0.3, -0.25) is 4.79 Å². The molecule has 0 radical (unpaired) electrons. The molecule has 0 bridgehead atoms. The highest BCUT2D eigenvalue weighted by Crippen LogP contribution is 2.31. The number of carbonyl (C=O) groups is 1. The molecular formula is C20H24FN3O4. The minimum atomic E-state index is -0.694. The van der Waals surface area contributed by atoms with Gasteiger partial charge in [0.05, 0.1) is 19.3 Å². The largest absolute Gasteiger partial charge is 0.475 e. The summed E-state index contributed by atoms with van der Waals surface area (Å²) in [5, 5.41) is 2.68. The molecule has 0 spiro atoms. The van der Waals surface area contributed by atoms with Gasteiger partial charge in [-0.25, -0.2) is 0 Å². The Morgan fingerprint density at radius 1 is 1.18 bits per heavy atom. The molecule has 1 aliphatic carbocycles. The number of halogens is 1. The number of hydrogen-bond acceptors (Lipinski definition) is 6. The van der Waals surface area contributed by atoms with Crippen LogP contribution in [0, 0.1) is 11.7 Å². The van der Waals surface area contributed by atoms with Gasteiger partial charge >= 0.3 is 0 Å². The molecular weight excluding hydrogens is 365 g/mol. The number of hydrogen-bond donors (Lipinski definition) is 1. The predicted molar refractivity (Wildman–Crippen MR) is 99.4 cm³/mol. The fourth-order valence-electron chi connectivity index (χ4n) is 2.86. The van der Waals surface area contributed by atoms with E-state index in [1.54, 1.807) is 0 Å². The highest BCUT2D eigenvalue weighted by molar-refractivity contribution is 5.72. The normalized spacial score (nSPS) is 18.2. The minimum absolute atomic E-state index is 0.0671. The van der Waals surface area contributed by atoms with E-state index in [2.05, 4.69) is 15.3 Å². The molecule has 0 aliphatic heterocycles. The van der Waals surface area contributed by atoms with Gasteiger partial charge in [-0.05, 0) is 24.3 Å². The molecule has 1 N–H and O–H groups in total. The Bertz CT molecular complexity index is 769. The summed E-state index contributed by atoms with van der Waals surface area (Å²) in [4.78, 5) is 18.5. The highest BCUT2D eigenvalue weighted by Gasteiger charge is 2.30. The van der Waals surface area contributed by atoms with E-state index in [1.165, 1.54) is 13.3 Å². The van der Waals surface area contributed by atoms with E-state index in [9.17, 15) is 9.18 Å². The van der Waals surface area contributed by atoms with Crippen molar-refractivity contribution in [3.05, 3.63) is 48.0 Å². The van der Waals surface area contributed by atoms with Crippen LogP contribution in [0.2, 0.25) is 0 Å². The van der Waals surface area contributed by atoms with Crippen molar-refractivity contribution in [1.82, 2.24) is 15.3 Å². The fraction of sp³-hybridized carbons (Fsp3) is 0.450. The molecule has 28 heavy (non-hydrogen) atoms. The zero-order valence-corrected chi connectivity index (χ0v) is 15.8. The molecule has 1 saturated carbocycles. The van der Waals surface area contributed by atoms with Crippen LogP contribution in [0.4, 0.5) is 4.39 Å². The van der Waals surface area contributed by atoms with Gasteiger partial charge in [0, 0.05) is 13.5 Å². The van der Waals surface area contributed by atoms with Crippen LogP contribution in [0.25, 0.3) is 0 Å². The van der Waals surface area contributed by atoms with Gasteiger partial charge in [0.15, 0.2) is 0 Å². The van der Waals surface area contributed by atoms with Gasteiger partial charge in [0.25, 0.3) is 11.8 Å². The average molecular weight is 389 g/mol. The maximum absolute atomic E-state index is 14.5. The van der Waals surface area contributed by atoms with Crippen molar-refractivity contribution in [2.45, 2.75) is 32.5 Å². The number of rotatable bonds is 10. The smallest absolute Gasteiger partial charge is 0.258 e. The molecule has 1 aromatic carbocycles. The molecule has 1 fully saturated rings. The van der Waals surface area contributed by atoms with Crippen LogP contribution in [0.1, 0.15) is 25.3 Å². The Balaban J connectivity index is 1.39. The molecule has 0 unspecified atom stereocenters. The number of ether oxygens (including phenoxy) is 3. The first kappa shape index (κ1) is 20.0. The lowest BCUT2D eigenvalue weighted by atomic mass is 9.83. The van der Waals surface area contributed by atoms with Crippen LogP contribution in [0.3, 0.4) is 0 Å². The summed E-state index contributed by atoms with van der Waals surface area (Å²) in [5.74, 6) is -0.702. The van der Waals surface area contributed by atoms with Gasteiger partial charge in [-0.1, -0.05) is 30.3 Å². The number of carbonyl (C=O) groups excluding carboxylic acids is 1. The van der Waals surface area contributed by atoms with E-state index >= 15 is 0 Å². The lowest BCUT2D eigenvalue weighted by Gasteiger charge is -2.34. The summed E-state index contributed by atoms with van der Waals surface area (Å²) in [5.41, 5.74) is 0.919. The van der Waals surface area contributed by atoms with Crippen LogP contribution in [-0.2, 0) is 16.1 Å². The van der Waals surface area contributed by atoms with Crippen LogP contribution < -0.4 is 14.8 Å². The molecule has 0 atom stereocenters. The second-order valence-corrected chi connectivity index (χ2v) is 6.70. The van der Waals surface area contributed by atoms with E-state index in [-0.39, 0.29) is 36.3 Å². The molecule has 3 rings (SSSR count). The van der Waals surface area contributed by atoms with Gasteiger partial charge in [-0.15, -0.1) is 0 Å². The fourth-order valence-corrected chi connectivity index (χ4v) is 2.86. The Labute approximate surface area is 163 Å². The zero-order chi connectivity index (χ0) is 19.8. The van der Waals surface area contributed by atoms with Crippen LogP contribution >= 0.6 is 0 Å². The van der Waals surface area contributed by atoms with Gasteiger partial charge in [0.2, 0.25) is 11.7 Å². The predicted octanol–water partition coefficient (Wildman–Crippen LogP) is 2.50. The third-order valence-corrected chi connectivity index (χ3v) is 4.42. The Morgan fingerprint density at radius 3 is 2.61 bits per heavy atom. The third kappa shape index (κ3) is 5.88. The van der Waals surface area contributed by atoms with Crippen molar-refractivity contribution in [3.63, 3.8) is 0 Å². The summed E-state index contributed by atoms with van der Waals surface area (Å²) < 4.78 is 31.1. The second-order valence-electron chi connectivity index (χ2n) is 6.70. The van der Waals surface area contributed by atoms with Gasteiger partial charge in [0.1, 0.15) is 12.9 Å². The molecule has 1 aliphatic rings. The Morgan fingerprint density at radius 2 is 1.89 bits per heavy atom.